The quantitative estimate of drug-likeness (QED) is 0.695. The van der Waals surface area contributed by atoms with Gasteiger partial charge in [0.15, 0.2) is 0 Å². The van der Waals surface area contributed by atoms with Crippen LogP contribution in [0.3, 0.4) is 0 Å². The molecular formula is C16H18N6O3. The maximum atomic E-state index is 12.0. The summed E-state index contributed by atoms with van der Waals surface area (Å²) in [4.78, 5) is 16.3. The van der Waals surface area contributed by atoms with Gasteiger partial charge in [-0.05, 0) is 31.2 Å². The molecule has 1 atom stereocenters. The SMILES string of the molecule is COc1ccc(-c2noc(C(C)NC(=O)CCn3cnnc3)n2)cc1. The van der Waals surface area contributed by atoms with Gasteiger partial charge in [0.05, 0.1) is 7.11 Å². The van der Waals surface area contributed by atoms with Gasteiger partial charge in [-0.1, -0.05) is 5.16 Å². The van der Waals surface area contributed by atoms with Crippen molar-refractivity contribution in [2.24, 2.45) is 0 Å². The van der Waals surface area contributed by atoms with E-state index in [4.69, 9.17) is 9.26 Å². The van der Waals surface area contributed by atoms with Crippen LogP contribution in [0.5, 0.6) is 5.75 Å². The molecule has 0 spiro atoms. The molecule has 0 fully saturated rings. The number of nitrogens with one attached hydrogen (secondary N) is 1. The van der Waals surface area contributed by atoms with Gasteiger partial charge in [0, 0.05) is 18.5 Å². The average Bonchev–Trinajstić information content (AvgIpc) is 3.32. The van der Waals surface area contributed by atoms with Crippen molar-refractivity contribution < 1.29 is 14.1 Å². The third-order valence-corrected chi connectivity index (χ3v) is 3.60. The van der Waals surface area contributed by atoms with Gasteiger partial charge in [-0.3, -0.25) is 4.79 Å². The lowest BCUT2D eigenvalue weighted by atomic mass is 10.2. The molecule has 3 aromatic rings. The molecule has 0 aliphatic heterocycles. The van der Waals surface area contributed by atoms with E-state index >= 15 is 0 Å². The van der Waals surface area contributed by atoms with Gasteiger partial charge in [-0.2, -0.15) is 4.98 Å². The summed E-state index contributed by atoms with van der Waals surface area (Å²) in [5.41, 5.74) is 0.807. The number of rotatable bonds is 7. The Bertz CT molecular complexity index is 813. The highest BCUT2D eigenvalue weighted by Gasteiger charge is 2.17. The maximum absolute atomic E-state index is 12.0. The van der Waals surface area contributed by atoms with Crippen molar-refractivity contribution in [1.82, 2.24) is 30.2 Å². The van der Waals surface area contributed by atoms with Gasteiger partial charge in [0.25, 0.3) is 0 Å². The number of hydrogen-bond donors (Lipinski definition) is 1. The van der Waals surface area contributed by atoms with Crippen LogP contribution in [-0.4, -0.2) is 37.9 Å². The Morgan fingerprint density at radius 1 is 1.28 bits per heavy atom. The van der Waals surface area contributed by atoms with Crippen molar-refractivity contribution in [3.05, 3.63) is 42.8 Å². The Hall–Kier alpha value is -3.23. The zero-order valence-corrected chi connectivity index (χ0v) is 13.9. The zero-order chi connectivity index (χ0) is 17.6. The first kappa shape index (κ1) is 16.6. The Balaban J connectivity index is 1.57. The van der Waals surface area contributed by atoms with E-state index in [2.05, 4.69) is 25.7 Å². The van der Waals surface area contributed by atoms with Gasteiger partial charge >= 0.3 is 0 Å². The molecule has 0 bridgehead atoms. The van der Waals surface area contributed by atoms with Crippen molar-refractivity contribution in [2.75, 3.05) is 7.11 Å². The molecule has 9 nitrogen and oxygen atoms in total. The van der Waals surface area contributed by atoms with Crippen molar-refractivity contribution >= 4 is 5.91 Å². The summed E-state index contributed by atoms with van der Waals surface area (Å²) in [6, 6.07) is 6.95. The number of aryl methyl sites for hydroxylation is 1. The highest BCUT2D eigenvalue weighted by Crippen LogP contribution is 2.21. The summed E-state index contributed by atoms with van der Waals surface area (Å²) in [5.74, 6) is 1.44. The molecule has 0 aliphatic rings. The number of amides is 1. The predicted octanol–water partition coefficient (Wildman–Crippen LogP) is 1.60. The minimum Gasteiger partial charge on any atom is -0.497 e. The first-order chi connectivity index (χ1) is 12.2. The third-order valence-electron chi connectivity index (χ3n) is 3.60. The van der Waals surface area contributed by atoms with Crippen molar-refractivity contribution in [3.63, 3.8) is 0 Å². The molecule has 1 aromatic carbocycles. The van der Waals surface area contributed by atoms with Crippen LogP contribution < -0.4 is 10.1 Å². The number of benzene rings is 1. The average molecular weight is 342 g/mol. The van der Waals surface area contributed by atoms with Gasteiger partial charge in [-0.25, -0.2) is 0 Å². The van der Waals surface area contributed by atoms with Crippen LogP contribution in [0.2, 0.25) is 0 Å². The number of ether oxygens (including phenoxy) is 1. The summed E-state index contributed by atoms with van der Waals surface area (Å²) in [6.45, 7) is 2.30. The highest BCUT2D eigenvalue weighted by atomic mass is 16.5. The van der Waals surface area contributed by atoms with E-state index in [1.807, 2.05) is 24.3 Å². The fourth-order valence-electron chi connectivity index (χ4n) is 2.21. The minimum atomic E-state index is -0.382. The second-order valence-electron chi connectivity index (χ2n) is 5.42. The largest absolute Gasteiger partial charge is 0.497 e. The van der Waals surface area contributed by atoms with E-state index in [0.29, 0.717) is 24.7 Å². The van der Waals surface area contributed by atoms with Crippen LogP contribution in [0.25, 0.3) is 11.4 Å². The van der Waals surface area contributed by atoms with Gasteiger partial charge in [0.2, 0.25) is 17.6 Å². The number of methoxy groups -OCH3 is 1. The lowest BCUT2D eigenvalue weighted by Crippen LogP contribution is -2.27. The zero-order valence-electron chi connectivity index (χ0n) is 13.9. The van der Waals surface area contributed by atoms with E-state index < -0.39 is 0 Å². The molecule has 9 heteroatoms. The molecule has 130 valence electrons. The van der Waals surface area contributed by atoms with Crippen LogP contribution in [0.15, 0.2) is 41.4 Å². The Kier molecular flexibility index (Phi) is 5.03. The van der Waals surface area contributed by atoms with Gasteiger partial charge < -0.3 is 19.1 Å². The molecule has 1 N–H and O–H groups in total. The fourth-order valence-corrected chi connectivity index (χ4v) is 2.21. The number of carbonyl (C=O) groups is 1. The molecule has 0 saturated heterocycles. The maximum Gasteiger partial charge on any atom is 0.249 e. The van der Waals surface area contributed by atoms with E-state index in [1.54, 1.807) is 31.3 Å². The lowest BCUT2D eigenvalue weighted by Gasteiger charge is -2.09. The normalized spacial score (nSPS) is 11.9. The standard InChI is InChI=1S/C16H18N6O3/c1-11(19-14(23)7-8-22-9-17-18-10-22)16-20-15(21-25-16)12-3-5-13(24-2)6-4-12/h3-6,9-11H,7-8H2,1-2H3,(H,19,23). The molecule has 2 heterocycles. The third kappa shape index (κ3) is 4.19. The molecule has 25 heavy (non-hydrogen) atoms. The molecule has 0 aliphatic carbocycles. The molecule has 0 radical (unpaired) electrons. The van der Waals surface area contributed by atoms with E-state index in [1.165, 1.54) is 0 Å². The smallest absolute Gasteiger partial charge is 0.249 e. The number of hydrogen-bond acceptors (Lipinski definition) is 7. The Morgan fingerprint density at radius 2 is 2.00 bits per heavy atom. The van der Waals surface area contributed by atoms with Crippen LogP contribution in [0.4, 0.5) is 0 Å². The summed E-state index contributed by atoms with van der Waals surface area (Å²) in [7, 11) is 1.61. The van der Waals surface area contributed by atoms with Gasteiger partial charge in [0.1, 0.15) is 24.4 Å². The second-order valence-corrected chi connectivity index (χ2v) is 5.42. The minimum absolute atomic E-state index is 0.120. The van der Waals surface area contributed by atoms with E-state index in [-0.39, 0.29) is 11.9 Å². The van der Waals surface area contributed by atoms with Crippen LogP contribution >= 0.6 is 0 Å². The van der Waals surface area contributed by atoms with Crippen LogP contribution in [-0.2, 0) is 11.3 Å². The molecule has 1 amide bonds. The second kappa shape index (κ2) is 7.56. The summed E-state index contributed by atoms with van der Waals surface area (Å²) < 4.78 is 12.1. The monoisotopic (exact) mass is 342 g/mol. The first-order valence-corrected chi connectivity index (χ1v) is 7.75. The topological polar surface area (TPSA) is 108 Å². The molecule has 1 unspecified atom stereocenters. The van der Waals surface area contributed by atoms with Crippen molar-refractivity contribution in [3.8, 4) is 17.1 Å². The summed E-state index contributed by atoms with van der Waals surface area (Å²) in [5, 5.41) is 14.2. The first-order valence-electron chi connectivity index (χ1n) is 7.75. The van der Waals surface area contributed by atoms with Crippen LogP contribution in [0.1, 0.15) is 25.3 Å². The number of nitrogens with zero attached hydrogens (tertiary/aromatic N) is 5. The predicted molar refractivity (Wildman–Crippen MR) is 87.5 cm³/mol. The number of aromatic nitrogens is 5. The molecule has 2 aromatic heterocycles. The Labute approximate surface area is 144 Å². The lowest BCUT2D eigenvalue weighted by molar-refractivity contribution is -0.122. The summed E-state index contributed by atoms with van der Waals surface area (Å²) in [6.07, 6.45) is 3.44. The fraction of sp³-hybridized carbons (Fsp3) is 0.312. The van der Waals surface area contributed by atoms with Crippen molar-refractivity contribution in [2.45, 2.75) is 25.9 Å². The summed E-state index contributed by atoms with van der Waals surface area (Å²) >= 11 is 0. The molecule has 3 rings (SSSR count). The van der Waals surface area contributed by atoms with E-state index in [9.17, 15) is 4.79 Å². The van der Waals surface area contributed by atoms with Crippen LogP contribution in [0, 0.1) is 0 Å². The number of carbonyl (C=O) groups excluding carboxylic acids is 1. The Morgan fingerprint density at radius 3 is 2.68 bits per heavy atom. The van der Waals surface area contributed by atoms with Gasteiger partial charge in [-0.15, -0.1) is 10.2 Å². The molecule has 0 saturated carbocycles. The van der Waals surface area contributed by atoms with E-state index in [0.717, 1.165) is 11.3 Å². The van der Waals surface area contributed by atoms with Crippen molar-refractivity contribution in [1.29, 1.82) is 0 Å². The highest BCUT2D eigenvalue weighted by molar-refractivity contribution is 5.76. The molecular weight excluding hydrogens is 324 g/mol.